The largest absolute Gasteiger partial charge is 0.384 e. The molecule has 0 bridgehead atoms. The van der Waals surface area contributed by atoms with Crippen LogP contribution in [0.5, 0.6) is 0 Å². The van der Waals surface area contributed by atoms with Gasteiger partial charge in [0.05, 0.1) is 0 Å². The first kappa shape index (κ1) is 14.7. The summed E-state index contributed by atoms with van der Waals surface area (Å²) in [6.45, 7) is 6.35. The lowest BCUT2D eigenvalue weighted by Gasteiger charge is -2.21. The minimum absolute atomic E-state index is 0.618. The number of ether oxygens (including phenoxy) is 1. The van der Waals surface area contributed by atoms with Gasteiger partial charge in [0.15, 0.2) is 0 Å². The second kappa shape index (κ2) is 8.67. The summed E-state index contributed by atoms with van der Waals surface area (Å²) in [6.07, 6.45) is 3.62. The summed E-state index contributed by atoms with van der Waals surface area (Å²) in [5, 5.41) is 5.74. The van der Waals surface area contributed by atoms with Gasteiger partial charge in [0.2, 0.25) is 0 Å². The van der Waals surface area contributed by atoms with Gasteiger partial charge in [-0.05, 0) is 43.2 Å². The highest BCUT2D eigenvalue weighted by Crippen LogP contribution is 2.15. The predicted molar refractivity (Wildman–Crippen MR) is 75.8 cm³/mol. The van der Waals surface area contributed by atoms with Gasteiger partial charge < -0.3 is 10.1 Å². The van der Waals surface area contributed by atoms with Crippen LogP contribution in [0.2, 0.25) is 0 Å². The fraction of sp³-hybridized carbons (Fsp3) is 0.714. The molecular weight excluding hydrogens is 230 g/mol. The molecule has 1 aromatic rings. The highest BCUT2D eigenvalue weighted by Gasteiger charge is 2.12. The predicted octanol–water partition coefficient (Wildman–Crippen LogP) is 3.33. The van der Waals surface area contributed by atoms with Gasteiger partial charge in [-0.3, -0.25) is 0 Å². The maximum absolute atomic E-state index is 5.21. The third kappa shape index (κ3) is 6.20. The summed E-state index contributed by atoms with van der Waals surface area (Å²) >= 11 is 1.86. The Labute approximate surface area is 109 Å². The van der Waals surface area contributed by atoms with E-state index in [0.29, 0.717) is 12.0 Å². The van der Waals surface area contributed by atoms with Gasteiger partial charge in [0.25, 0.3) is 0 Å². The Hall–Kier alpha value is -0.380. The van der Waals surface area contributed by atoms with Crippen molar-refractivity contribution in [3.05, 3.63) is 22.4 Å². The minimum atomic E-state index is 0.618. The van der Waals surface area contributed by atoms with Gasteiger partial charge in [-0.15, -0.1) is 11.3 Å². The van der Waals surface area contributed by atoms with Crippen LogP contribution < -0.4 is 5.32 Å². The standard InChI is InChI=1S/C14H25NOS/c1-4-15-13(10-12(2)11-16-3)7-8-14-6-5-9-17-14/h5-6,9,12-13,15H,4,7-8,10-11H2,1-3H3. The Balaban J connectivity index is 2.31. The van der Waals surface area contributed by atoms with E-state index in [-0.39, 0.29) is 0 Å². The van der Waals surface area contributed by atoms with Crippen molar-refractivity contribution in [2.75, 3.05) is 20.3 Å². The molecule has 3 heteroatoms. The van der Waals surface area contributed by atoms with Crippen molar-refractivity contribution in [3.8, 4) is 0 Å². The number of hydrogen-bond donors (Lipinski definition) is 1. The number of hydrogen-bond acceptors (Lipinski definition) is 3. The molecule has 1 heterocycles. The van der Waals surface area contributed by atoms with Crippen LogP contribution in [-0.4, -0.2) is 26.3 Å². The van der Waals surface area contributed by atoms with E-state index in [1.54, 1.807) is 7.11 Å². The minimum Gasteiger partial charge on any atom is -0.384 e. The van der Waals surface area contributed by atoms with Crippen LogP contribution in [0.25, 0.3) is 0 Å². The van der Waals surface area contributed by atoms with Crippen molar-refractivity contribution in [2.24, 2.45) is 5.92 Å². The first-order valence-corrected chi connectivity index (χ1v) is 7.38. The third-order valence-corrected chi connectivity index (χ3v) is 3.89. The zero-order valence-corrected chi connectivity index (χ0v) is 12.1. The normalized spacial score (nSPS) is 14.8. The Bertz CT molecular complexity index is 274. The monoisotopic (exact) mass is 255 g/mol. The van der Waals surface area contributed by atoms with E-state index < -0.39 is 0 Å². The van der Waals surface area contributed by atoms with Crippen LogP contribution in [-0.2, 0) is 11.2 Å². The number of rotatable bonds is 9. The zero-order chi connectivity index (χ0) is 12.5. The van der Waals surface area contributed by atoms with Gasteiger partial charge in [0.1, 0.15) is 0 Å². The number of nitrogens with one attached hydrogen (secondary N) is 1. The van der Waals surface area contributed by atoms with Crippen LogP contribution in [0.1, 0.15) is 31.6 Å². The molecule has 1 rings (SSSR count). The van der Waals surface area contributed by atoms with Crippen LogP contribution in [0.15, 0.2) is 17.5 Å². The topological polar surface area (TPSA) is 21.3 Å². The summed E-state index contributed by atoms with van der Waals surface area (Å²) < 4.78 is 5.21. The fourth-order valence-corrected chi connectivity index (χ4v) is 2.93. The molecule has 0 fully saturated rings. The average molecular weight is 255 g/mol. The maximum Gasteiger partial charge on any atom is 0.0488 e. The van der Waals surface area contributed by atoms with E-state index in [2.05, 4.69) is 36.7 Å². The van der Waals surface area contributed by atoms with Gasteiger partial charge in [-0.1, -0.05) is 19.9 Å². The molecule has 0 radical (unpaired) electrons. The van der Waals surface area contributed by atoms with Gasteiger partial charge in [-0.25, -0.2) is 0 Å². The average Bonchev–Trinajstić information content (AvgIpc) is 2.79. The highest BCUT2D eigenvalue weighted by molar-refractivity contribution is 7.09. The molecule has 2 nitrogen and oxygen atoms in total. The number of methoxy groups -OCH3 is 1. The first-order valence-electron chi connectivity index (χ1n) is 6.51. The maximum atomic E-state index is 5.21. The van der Waals surface area contributed by atoms with Crippen molar-refractivity contribution >= 4 is 11.3 Å². The second-order valence-corrected chi connectivity index (χ2v) is 5.70. The Morgan fingerprint density at radius 2 is 2.29 bits per heavy atom. The van der Waals surface area contributed by atoms with Crippen LogP contribution in [0.4, 0.5) is 0 Å². The summed E-state index contributed by atoms with van der Waals surface area (Å²) in [6, 6.07) is 4.98. The van der Waals surface area contributed by atoms with Crippen molar-refractivity contribution in [2.45, 2.75) is 39.2 Å². The summed E-state index contributed by atoms with van der Waals surface area (Å²) in [4.78, 5) is 1.49. The summed E-state index contributed by atoms with van der Waals surface area (Å²) in [5.74, 6) is 0.632. The van der Waals surface area contributed by atoms with Crippen molar-refractivity contribution < 1.29 is 4.74 Å². The quantitative estimate of drug-likeness (QED) is 0.731. The molecule has 17 heavy (non-hydrogen) atoms. The van der Waals surface area contributed by atoms with E-state index in [1.165, 1.54) is 24.1 Å². The number of thiophene rings is 1. The van der Waals surface area contributed by atoms with Crippen LogP contribution >= 0.6 is 11.3 Å². The molecule has 0 saturated heterocycles. The zero-order valence-electron chi connectivity index (χ0n) is 11.2. The molecule has 98 valence electrons. The summed E-state index contributed by atoms with van der Waals surface area (Å²) in [5.41, 5.74) is 0. The molecule has 0 amide bonds. The molecule has 0 aliphatic carbocycles. The molecule has 0 spiro atoms. The number of aryl methyl sites for hydroxylation is 1. The van der Waals surface area contributed by atoms with E-state index >= 15 is 0 Å². The molecule has 0 aliphatic rings. The van der Waals surface area contributed by atoms with Crippen LogP contribution in [0.3, 0.4) is 0 Å². The molecular formula is C14H25NOS. The van der Waals surface area contributed by atoms with E-state index in [4.69, 9.17) is 4.74 Å². The molecule has 2 atom stereocenters. The third-order valence-electron chi connectivity index (χ3n) is 2.95. The van der Waals surface area contributed by atoms with E-state index in [1.807, 2.05) is 11.3 Å². The lowest BCUT2D eigenvalue weighted by Crippen LogP contribution is -2.31. The highest BCUT2D eigenvalue weighted by atomic mass is 32.1. The van der Waals surface area contributed by atoms with Crippen molar-refractivity contribution in [1.82, 2.24) is 5.32 Å². The van der Waals surface area contributed by atoms with Crippen LogP contribution in [0, 0.1) is 5.92 Å². The molecule has 1 N–H and O–H groups in total. The Kier molecular flexibility index (Phi) is 7.49. The fourth-order valence-electron chi connectivity index (χ4n) is 2.20. The lowest BCUT2D eigenvalue weighted by molar-refractivity contribution is 0.148. The molecule has 2 unspecified atom stereocenters. The Morgan fingerprint density at radius 1 is 1.47 bits per heavy atom. The molecule has 0 aromatic carbocycles. The second-order valence-electron chi connectivity index (χ2n) is 4.67. The molecule has 0 saturated carbocycles. The van der Waals surface area contributed by atoms with Crippen molar-refractivity contribution in [1.29, 1.82) is 0 Å². The van der Waals surface area contributed by atoms with Gasteiger partial charge in [0, 0.05) is 24.6 Å². The smallest absolute Gasteiger partial charge is 0.0488 e. The van der Waals surface area contributed by atoms with E-state index in [0.717, 1.165) is 13.2 Å². The SMILES string of the molecule is CCNC(CCc1cccs1)CC(C)COC. The van der Waals surface area contributed by atoms with Gasteiger partial charge in [-0.2, -0.15) is 0 Å². The molecule has 1 aromatic heterocycles. The van der Waals surface area contributed by atoms with Crippen molar-refractivity contribution in [3.63, 3.8) is 0 Å². The summed E-state index contributed by atoms with van der Waals surface area (Å²) in [7, 11) is 1.78. The lowest BCUT2D eigenvalue weighted by atomic mass is 9.98. The molecule has 0 aliphatic heterocycles. The Morgan fingerprint density at radius 3 is 2.88 bits per heavy atom. The first-order chi connectivity index (χ1) is 8.26. The van der Waals surface area contributed by atoms with Gasteiger partial charge >= 0.3 is 0 Å². The van der Waals surface area contributed by atoms with E-state index in [9.17, 15) is 0 Å².